The van der Waals surface area contributed by atoms with Crippen molar-refractivity contribution in [2.45, 2.75) is 25.3 Å². The molecule has 0 aliphatic heterocycles. The fourth-order valence-electron chi connectivity index (χ4n) is 0.788. The molecule has 0 unspecified atom stereocenters. The average Bonchev–Trinajstić information content (AvgIpc) is 1.84. The quantitative estimate of drug-likeness (QED) is 0.498. The number of halogens is 1. The van der Waals surface area contributed by atoms with Crippen LogP contribution in [-0.2, 0) is 0 Å². The van der Waals surface area contributed by atoms with Crippen molar-refractivity contribution in [2.24, 2.45) is 5.73 Å². The Morgan fingerprint density at radius 3 is 1.88 bits per heavy atom. The minimum Gasteiger partial charge on any atom is -0.325 e. The van der Waals surface area contributed by atoms with Crippen molar-refractivity contribution in [1.29, 1.82) is 0 Å². The minimum absolute atomic E-state index is 0. The van der Waals surface area contributed by atoms with Crippen LogP contribution in [0.25, 0.3) is 0 Å². The molecule has 0 spiro atoms. The van der Waals surface area contributed by atoms with E-state index >= 15 is 0 Å². The number of hydrogen-bond acceptors (Lipinski definition) is 1. The fourth-order valence-corrected chi connectivity index (χ4v) is 0.788. The van der Waals surface area contributed by atoms with Gasteiger partial charge in [0.1, 0.15) is 0 Å². The van der Waals surface area contributed by atoms with E-state index in [1.54, 1.807) is 0 Å². The van der Waals surface area contributed by atoms with Gasteiger partial charge < -0.3 is 5.73 Å². The van der Waals surface area contributed by atoms with Gasteiger partial charge in [-0.2, -0.15) is 0 Å². The largest absolute Gasteiger partial charge is 0.325 e. The maximum absolute atomic E-state index is 5.72. The third-order valence-corrected chi connectivity index (χ3v) is 1.33. The second-order valence-electron chi connectivity index (χ2n) is 2.53. The van der Waals surface area contributed by atoms with Gasteiger partial charge in [0.25, 0.3) is 0 Å². The molecule has 0 fully saturated rings. The molecule has 1 aliphatic rings. The second kappa shape index (κ2) is 2.51. The van der Waals surface area contributed by atoms with E-state index in [0.29, 0.717) is 0 Å². The Labute approximate surface area is 56.4 Å². The van der Waals surface area contributed by atoms with Crippen molar-refractivity contribution in [1.82, 2.24) is 0 Å². The van der Waals surface area contributed by atoms with E-state index in [2.05, 4.69) is 19.1 Å². The summed E-state index contributed by atoms with van der Waals surface area (Å²) in [7, 11) is 0. The average molecular weight is 134 g/mol. The first-order chi connectivity index (χ1) is 3.21. The standard InChI is InChI=1S/C6H11N.ClH/c1-6(7)4-2-3-5-6;/h2-3H,4-5,7H2,1H3;1H. The maximum atomic E-state index is 5.72. The predicted octanol–water partition coefficient (Wildman–Crippen LogP) is 1.48. The van der Waals surface area contributed by atoms with Gasteiger partial charge in [0.15, 0.2) is 0 Å². The summed E-state index contributed by atoms with van der Waals surface area (Å²) >= 11 is 0. The monoisotopic (exact) mass is 133 g/mol. The molecule has 0 saturated heterocycles. The van der Waals surface area contributed by atoms with Gasteiger partial charge in [-0.25, -0.2) is 0 Å². The van der Waals surface area contributed by atoms with Gasteiger partial charge in [-0.3, -0.25) is 0 Å². The highest BCUT2D eigenvalue weighted by Gasteiger charge is 2.17. The van der Waals surface area contributed by atoms with Crippen LogP contribution in [0.3, 0.4) is 0 Å². The van der Waals surface area contributed by atoms with Crippen molar-refractivity contribution in [3.05, 3.63) is 12.2 Å². The minimum atomic E-state index is 0. The Kier molecular flexibility index (Phi) is 2.51. The van der Waals surface area contributed by atoms with Crippen LogP contribution in [0, 0.1) is 0 Å². The van der Waals surface area contributed by atoms with Gasteiger partial charge in [-0.15, -0.1) is 12.4 Å². The molecule has 0 radical (unpaired) electrons. The zero-order chi connectivity index (χ0) is 5.33. The van der Waals surface area contributed by atoms with Crippen molar-refractivity contribution in [2.75, 3.05) is 0 Å². The number of hydrogen-bond donors (Lipinski definition) is 1. The summed E-state index contributed by atoms with van der Waals surface area (Å²) in [6.45, 7) is 2.08. The molecule has 0 aromatic rings. The van der Waals surface area contributed by atoms with Gasteiger partial charge in [-0.1, -0.05) is 12.2 Å². The van der Waals surface area contributed by atoms with Crippen molar-refractivity contribution >= 4 is 12.4 Å². The Bertz CT molecular complexity index is 86.7. The van der Waals surface area contributed by atoms with E-state index in [1.807, 2.05) is 0 Å². The first-order valence-corrected chi connectivity index (χ1v) is 2.65. The van der Waals surface area contributed by atoms with Crippen LogP contribution in [0.2, 0.25) is 0 Å². The fraction of sp³-hybridized carbons (Fsp3) is 0.667. The van der Waals surface area contributed by atoms with E-state index in [4.69, 9.17) is 5.73 Å². The molecule has 0 aromatic heterocycles. The van der Waals surface area contributed by atoms with Crippen LogP contribution in [0.15, 0.2) is 12.2 Å². The molecule has 0 atom stereocenters. The van der Waals surface area contributed by atoms with E-state index in [0.717, 1.165) is 12.8 Å². The Balaban J connectivity index is 0.000000490. The lowest BCUT2D eigenvalue weighted by atomic mass is 10.0. The molecule has 0 bridgehead atoms. The van der Waals surface area contributed by atoms with Crippen LogP contribution in [-0.4, -0.2) is 5.54 Å². The zero-order valence-electron chi connectivity index (χ0n) is 5.05. The topological polar surface area (TPSA) is 26.0 Å². The van der Waals surface area contributed by atoms with Crippen molar-refractivity contribution < 1.29 is 0 Å². The van der Waals surface area contributed by atoms with Gasteiger partial charge >= 0.3 is 0 Å². The molecule has 0 saturated carbocycles. The molecule has 0 aromatic carbocycles. The third-order valence-electron chi connectivity index (χ3n) is 1.33. The highest BCUT2D eigenvalue weighted by atomic mass is 35.5. The van der Waals surface area contributed by atoms with Crippen LogP contribution >= 0.6 is 12.4 Å². The van der Waals surface area contributed by atoms with E-state index in [1.165, 1.54) is 0 Å². The summed E-state index contributed by atoms with van der Waals surface area (Å²) in [6.07, 6.45) is 6.38. The molecule has 8 heavy (non-hydrogen) atoms. The van der Waals surface area contributed by atoms with E-state index < -0.39 is 0 Å². The van der Waals surface area contributed by atoms with Gasteiger partial charge in [-0.05, 0) is 19.8 Å². The third kappa shape index (κ3) is 1.85. The van der Waals surface area contributed by atoms with E-state index in [9.17, 15) is 0 Å². The first-order valence-electron chi connectivity index (χ1n) is 2.65. The molecule has 1 aliphatic carbocycles. The molecule has 2 N–H and O–H groups in total. The summed E-state index contributed by atoms with van der Waals surface area (Å²) < 4.78 is 0. The van der Waals surface area contributed by atoms with Gasteiger partial charge in [0, 0.05) is 5.54 Å². The SMILES string of the molecule is CC1(N)CC=CC1.Cl. The van der Waals surface area contributed by atoms with Crippen molar-refractivity contribution in [3.63, 3.8) is 0 Å². The molecular weight excluding hydrogens is 122 g/mol. The summed E-state index contributed by atoms with van der Waals surface area (Å²) in [5.41, 5.74) is 5.80. The maximum Gasteiger partial charge on any atom is 0.0195 e. The van der Waals surface area contributed by atoms with Gasteiger partial charge in [0.2, 0.25) is 0 Å². The molecule has 1 rings (SSSR count). The van der Waals surface area contributed by atoms with Crippen LogP contribution in [0.4, 0.5) is 0 Å². The molecule has 2 heteroatoms. The lowest BCUT2D eigenvalue weighted by Gasteiger charge is -2.14. The lowest BCUT2D eigenvalue weighted by molar-refractivity contribution is 0.506. The summed E-state index contributed by atoms with van der Waals surface area (Å²) in [6, 6.07) is 0. The summed E-state index contributed by atoms with van der Waals surface area (Å²) in [5.74, 6) is 0. The second-order valence-corrected chi connectivity index (χ2v) is 2.53. The highest BCUT2D eigenvalue weighted by molar-refractivity contribution is 5.85. The molecular formula is C6H12ClN. The molecule has 0 heterocycles. The van der Waals surface area contributed by atoms with Crippen LogP contribution in [0.1, 0.15) is 19.8 Å². The first kappa shape index (κ1) is 7.99. The van der Waals surface area contributed by atoms with Crippen LogP contribution in [0.5, 0.6) is 0 Å². The predicted molar refractivity (Wildman–Crippen MR) is 38.2 cm³/mol. The number of nitrogens with two attached hydrogens (primary N) is 1. The highest BCUT2D eigenvalue weighted by Crippen LogP contribution is 2.18. The molecule has 0 amide bonds. The molecule has 48 valence electrons. The Hall–Kier alpha value is -0.0100. The lowest BCUT2D eigenvalue weighted by Crippen LogP contribution is -2.31. The summed E-state index contributed by atoms with van der Waals surface area (Å²) in [4.78, 5) is 0. The number of rotatable bonds is 0. The van der Waals surface area contributed by atoms with E-state index in [-0.39, 0.29) is 17.9 Å². The van der Waals surface area contributed by atoms with Gasteiger partial charge in [0.05, 0.1) is 0 Å². The smallest absolute Gasteiger partial charge is 0.0195 e. The normalized spacial score (nSPS) is 22.8. The summed E-state index contributed by atoms with van der Waals surface area (Å²) in [5, 5.41) is 0. The van der Waals surface area contributed by atoms with Crippen LogP contribution < -0.4 is 5.73 Å². The zero-order valence-corrected chi connectivity index (χ0v) is 5.87. The van der Waals surface area contributed by atoms with Crippen molar-refractivity contribution in [3.8, 4) is 0 Å². The Morgan fingerprint density at radius 1 is 1.38 bits per heavy atom. The molecule has 1 nitrogen and oxygen atoms in total. The Morgan fingerprint density at radius 2 is 1.75 bits per heavy atom.